The highest BCUT2D eigenvalue weighted by Crippen LogP contribution is 2.15. The van der Waals surface area contributed by atoms with E-state index < -0.39 is 0 Å². The van der Waals surface area contributed by atoms with Crippen molar-refractivity contribution < 1.29 is 4.52 Å². The molecule has 1 fully saturated rings. The Hall–Kier alpha value is -2.35. The van der Waals surface area contributed by atoms with Crippen molar-refractivity contribution in [1.82, 2.24) is 29.8 Å². The quantitative estimate of drug-likeness (QED) is 0.634. The molecular weight excluding hydrogens is 342 g/mol. The molecule has 0 saturated carbocycles. The molecule has 1 N–H and O–H groups in total. The number of aryl methyl sites for hydroxylation is 2. The van der Waals surface area contributed by atoms with Crippen molar-refractivity contribution in [3.05, 3.63) is 35.7 Å². The van der Waals surface area contributed by atoms with Gasteiger partial charge < -0.3 is 19.3 Å². The van der Waals surface area contributed by atoms with Crippen LogP contribution in [0.2, 0.25) is 0 Å². The molecule has 0 unspecified atom stereocenters. The molecule has 4 rings (SSSR count). The van der Waals surface area contributed by atoms with Gasteiger partial charge in [0.15, 0.2) is 5.96 Å². The van der Waals surface area contributed by atoms with Crippen molar-refractivity contribution in [2.24, 2.45) is 4.99 Å². The SMILES string of the molecule is CCNC(=NCc1cn2c(n1)CCCC2)N1CCN(Cc2ccon2)CC1. The van der Waals surface area contributed by atoms with Crippen LogP contribution in [0.4, 0.5) is 0 Å². The summed E-state index contributed by atoms with van der Waals surface area (Å²) in [5, 5.41) is 7.45. The van der Waals surface area contributed by atoms with Gasteiger partial charge in [-0.1, -0.05) is 5.16 Å². The zero-order valence-electron chi connectivity index (χ0n) is 16.1. The number of hydrogen-bond acceptors (Lipinski definition) is 5. The maximum atomic E-state index is 4.93. The van der Waals surface area contributed by atoms with E-state index in [1.165, 1.54) is 18.7 Å². The molecule has 8 nitrogen and oxygen atoms in total. The largest absolute Gasteiger partial charge is 0.364 e. The number of guanidine groups is 1. The number of rotatable bonds is 5. The normalized spacial score (nSPS) is 18.6. The van der Waals surface area contributed by atoms with Crippen LogP contribution in [-0.4, -0.2) is 63.2 Å². The molecule has 2 aromatic rings. The van der Waals surface area contributed by atoms with Gasteiger partial charge in [0.1, 0.15) is 12.1 Å². The lowest BCUT2D eigenvalue weighted by atomic mass is 10.2. The van der Waals surface area contributed by atoms with Crippen molar-refractivity contribution in [3.8, 4) is 0 Å². The molecule has 0 radical (unpaired) electrons. The summed E-state index contributed by atoms with van der Waals surface area (Å²) in [6, 6.07) is 1.93. The molecule has 2 aromatic heterocycles. The molecule has 1 saturated heterocycles. The minimum atomic E-state index is 0.640. The first-order valence-corrected chi connectivity index (χ1v) is 10.0. The minimum Gasteiger partial charge on any atom is -0.364 e. The lowest BCUT2D eigenvalue weighted by molar-refractivity contribution is 0.169. The summed E-state index contributed by atoms with van der Waals surface area (Å²) in [7, 11) is 0. The smallest absolute Gasteiger partial charge is 0.194 e. The fourth-order valence-electron chi connectivity index (χ4n) is 3.80. The van der Waals surface area contributed by atoms with E-state index in [-0.39, 0.29) is 0 Å². The van der Waals surface area contributed by atoms with Crippen LogP contribution in [0.3, 0.4) is 0 Å². The van der Waals surface area contributed by atoms with Crippen molar-refractivity contribution in [2.45, 2.75) is 45.8 Å². The fraction of sp³-hybridized carbons (Fsp3) is 0.632. The van der Waals surface area contributed by atoms with Crippen LogP contribution < -0.4 is 5.32 Å². The number of nitrogens with one attached hydrogen (secondary N) is 1. The van der Waals surface area contributed by atoms with Gasteiger partial charge in [-0.3, -0.25) is 4.90 Å². The molecule has 4 heterocycles. The highest BCUT2D eigenvalue weighted by molar-refractivity contribution is 5.80. The maximum absolute atomic E-state index is 4.93. The third-order valence-electron chi connectivity index (χ3n) is 5.23. The zero-order chi connectivity index (χ0) is 18.5. The summed E-state index contributed by atoms with van der Waals surface area (Å²) in [5.41, 5.74) is 2.07. The van der Waals surface area contributed by atoms with Crippen LogP contribution in [0, 0.1) is 0 Å². The molecule has 0 atom stereocenters. The Morgan fingerprint density at radius 1 is 1.19 bits per heavy atom. The van der Waals surface area contributed by atoms with Crippen molar-refractivity contribution in [2.75, 3.05) is 32.7 Å². The van der Waals surface area contributed by atoms with Gasteiger partial charge in [-0.05, 0) is 19.8 Å². The number of fused-ring (bicyclic) bond motifs is 1. The third-order valence-corrected chi connectivity index (χ3v) is 5.23. The Labute approximate surface area is 160 Å². The average Bonchev–Trinajstić information content (AvgIpc) is 3.35. The van der Waals surface area contributed by atoms with E-state index >= 15 is 0 Å². The van der Waals surface area contributed by atoms with Crippen LogP contribution in [0.5, 0.6) is 0 Å². The predicted molar refractivity (Wildman–Crippen MR) is 103 cm³/mol. The second-order valence-corrected chi connectivity index (χ2v) is 7.22. The summed E-state index contributed by atoms with van der Waals surface area (Å²) in [4.78, 5) is 14.4. The second kappa shape index (κ2) is 8.56. The molecule has 0 spiro atoms. The van der Waals surface area contributed by atoms with E-state index in [1.54, 1.807) is 6.26 Å². The van der Waals surface area contributed by atoms with Crippen molar-refractivity contribution in [1.29, 1.82) is 0 Å². The highest BCUT2D eigenvalue weighted by Gasteiger charge is 2.20. The lowest BCUT2D eigenvalue weighted by Crippen LogP contribution is -2.52. The summed E-state index contributed by atoms with van der Waals surface area (Å²) >= 11 is 0. The monoisotopic (exact) mass is 371 g/mol. The summed E-state index contributed by atoms with van der Waals surface area (Å²) < 4.78 is 7.22. The number of piperazine rings is 1. The molecule has 146 valence electrons. The van der Waals surface area contributed by atoms with Gasteiger partial charge in [0.25, 0.3) is 0 Å². The molecule has 2 aliphatic heterocycles. The topological polar surface area (TPSA) is 74.7 Å². The maximum Gasteiger partial charge on any atom is 0.194 e. The molecule has 0 aromatic carbocycles. The van der Waals surface area contributed by atoms with Gasteiger partial charge in [0.05, 0.1) is 17.9 Å². The van der Waals surface area contributed by atoms with E-state index in [0.29, 0.717) is 6.54 Å². The first kappa shape index (κ1) is 18.0. The standard InChI is InChI=1S/C19H29N7O/c1-2-20-19(21-13-17-15-26-7-4-3-5-18(26)22-17)25-10-8-24(9-11-25)14-16-6-12-27-23-16/h6,12,15H,2-5,7-11,13-14H2,1H3,(H,20,21). The zero-order valence-corrected chi connectivity index (χ0v) is 16.1. The predicted octanol–water partition coefficient (Wildman–Crippen LogP) is 1.49. The Balaban J connectivity index is 1.34. The van der Waals surface area contributed by atoms with E-state index in [1.807, 2.05) is 6.07 Å². The number of aliphatic imine (C=N–C) groups is 1. The van der Waals surface area contributed by atoms with E-state index in [2.05, 4.69) is 38.0 Å². The van der Waals surface area contributed by atoms with Crippen LogP contribution in [0.25, 0.3) is 0 Å². The van der Waals surface area contributed by atoms with E-state index in [0.717, 1.165) is 69.6 Å². The molecule has 27 heavy (non-hydrogen) atoms. The Morgan fingerprint density at radius 3 is 2.81 bits per heavy atom. The fourth-order valence-corrected chi connectivity index (χ4v) is 3.80. The Morgan fingerprint density at radius 2 is 2.07 bits per heavy atom. The molecule has 8 heteroatoms. The van der Waals surface area contributed by atoms with Crippen LogP contribution >= 0.6 is 0 Å². The Kier molecular flexibility index (Phi) is 5.72. The number of imidazole rings is 1. The number of hydrogen-bond donors (Lipinski definition) is 1. The third kappa shape index (κ3) is 4.50. The first-order valence-electron chi connectivity index (χ1n) is 10.0. The van der Waals surface area contributed by atoms with Gasteiger partial charge >= 0.3 is 0 Å². The van der Waals surface area contributed by atoms with Crippen LogP contribution in [0.1, 0.15) is 37.0 Å². The van der Waals surface area contributed by atoms with E-state index in [4.69, 9.17) is 14.5 Å². The number of aromatic nitrogens is 3. The first-order chi connectivity index (χ1) is 13.3. The van der Waals surface area contributed by atoms with Gasteiger partial charge in [-0.15, -0.1) is 0 Å². The average molecular weight is 371 g/mol. The van der Waals surface area contributed by atoms with E-state index in [9.17, 15) is 0 Å². The summed E-state index contributed by atoms with van der Waals surface area (Å²) in [6.07, 6.45) is 7.41. The minimum absolute atomic E-state index is 0.640. The van der Waals surface area contributed by atoms with Gasteiger partial charge in [0, 0.05) is 64.5 Å². The molecule has 0 bridgehead atoms. The van der Waals surface area contributed by atoms with Gasteiger partial charge in [-0.25, -0.2) is 9.98 Å². The summed E-state index contributed by atoms with van der Waals surface area (Å²) in [5.74, 6) is 2.21. The Bertz CT molecular complexity index is 721. The van der Waals surface area contributed by atoms with Crippen LogP contribution in [-0.2, 0) is 26.1 Å². The number of nitrogens with zero attached hydrogens (tertiary/aromatic N) is 6. The van der Waals surface area contributed by atoms with Gasteiger partial charge in [0.2, 0.25) is 0 Å². The highest BCUT2D eigenvalue weighted by atomic mass is 16.5. The molecular formula is C19H29N7O. The molecule has 0 aliphatic carbocycles. The molecule has 0 amide bonds. The summed E-state index contributed by atoms with van der Waals surface area (Å²) in [6.45, 7) is 9.49. The van der Waals surface area contributed by atoms with Crippen molar-refractivity contribution in [3.63, 3.8) is 0 Å². The van der Waals surface area contributed by atoms with Crippen LogP contribution in [0.15, 0.2) is 28.0 Å². The van der Waals surface area contributed by atoms with Crippen molar-refractivity contribution >= 4 is 5.96 Å². The molecule has 2 aliphatic rings. The second-order valence-electron chi connectivity index (χ2n) is 7.22. The lowest BCUT2D eigenvalue weighted by Gasteiger charge is -2.36. The van der Waals surface area contributed by atoms with Gasteiger partial charge in [-0.2, -0.15) is 0 Å².